The van der Waals surface area contributed by atoms with Gasteiger partial charge in [-0.1, -0.05) is 30.8 Å². The van der Waals surface area contributed by atoms with Gasteiger partial charge in [0.05, 0.1) is 42.1 Å². The van der Waals surface area contributed by atoms with E-state index in [1.165, 1.54) is 30.0 Å². The molecule has 1 saturated heterocycles. The van der Waals surface area contributed by atoms with Crippen molar-refractivity contribution in [1.29, 1.82) is 0 Å². The van der Waals surface area contributed by atoms with E-state index in [0.717, 1.165) is 12.1 Å². The maximum Gasteiger partial charge on any atom is 0.417 e. The van der Waals surface area contributed by atoms with Gasteiger partial charge in [-0.05, 0) is 29.8 Å². The molecule has 0 saturated carbocycles. The molecule has 13 heteroatoms. The number of hydrogen-bond acceptors (Lipinski definition) is 7. The molecular weight excluding hydrogens is 596 g/mol. The highest BCUT2D eigenvalue weighted by atomic mass is 35.5. The Morgan fingerprint density at radius 2 is 1.95 bits per heavy atom. The van der Waals surface area contributed by atoms with Gasteiger partial charge in [0.15, 0.2) is 0 Å². The number of nitrogens with zero attached hydrogens (tertiary/aromatic N) is 4. The maximum atomic E-state index is 14.8. The number of amides is 1. The van der Waals surface area contributed by atoms with Gasteiger partial charge in [-0.2, -0.15) is 13.2 Å². The van der Waals surface area contributed by atoms with E-state index in [1.54, 1.807) is 16.9 Å². The van der Waals surface area contributed by atoms with Crippen LogP contribution in [0.4, 0.5) is 23.2 Å². The minimum absolute atomic E-state index is 0.0915. The van der Waals surface area contributed by atoms with Gasteiger partial charge in [-0.3, -0.25) is 4.79 Å². The van der Waals surface area contributed by atoms with Crippen LogP contribution in [0.25, 0.3) is 11.1 Å². The van der Waals surface area contributed by atoms with E-state index in [1.807, 2.05) is 4.90 Å². The van der Waals surface area contributed by atoms with Crippen LogP contribution in [-0.2, 0) is 20.4 Å². The van der Waals surface area contributed by atoms with Crippen molar-refractivity contribution in [2.45, 2.75) is 17.2 Å². The first-order valence-electron chi connectivity index (χ1n) is 13.2. The molecule has 7 nitrogen and oxygen atoms in total. The van der Waals surface area contributed by atoms with Gasteiger partial charge < -0.3 is 24.2 Å². The number of hydrogen-bond donors (Lipinski definition) is 0. The molecule has 0 radical (unpaired) electrons. The summed E-state index contributed by atoms with van der Waals surface area (Å²) in [6.07, 6.45) is -3.87. The second-order valence-corrected chi connectivity index (χ2v) is 11.4. The lowest BCUT2D eigenvalue weighted by Gasteiger charge is -2.40. The minimum atomic E-state index is -4.75. The Morgan fingerprint density at radius 3 is 2.60 bits per heavy atom. The zero-order valence-corrected chi connectivity index (χ0v) is 24.4. The predicted octanol–water partition coefficient (Wildman–Crippen LogP) is 5.67. The molecule has 3 aliphatic heterocycles. The summed E-state index contributed by atoms with van der Waals surface area (Å²) < 4.78 is 69.7. The third-order valence-corrected chi connectivity index (χ3v) is 8.85. The molecule has 1 amide bonds. The van der Waals surface area contributed by atoms with Gasteiger partial charge >= 0.3 is 6.18 Å². The first kappa shape index (κ1) is 30.4. The molecule has 1 unspecified atom stereocenters. The van der Waals surface area contributed by atoms with Crippen LogP contribution in [0.5, 0.6) is 0 Å². The number of carbonyl (C=O) groups is 1. The summed E-state index contributed by atoms with van der Waals surface area (Å²) in [6, 6.07) is 4.70. The molecule has 2 aromatic carbocycles. The Hall–Kier alpha value is -3.06. The van der Waals surface area contributed by atoms with Crippen LogP contribution >= 0.6 is 23.4 Å². The number of benzene rings is 2. The molecule has 3 heterocycles. The number of anilines is 1. The van der Waals surface area contributed by atoms with Crippen LogP contribution in [0.2, 0.25) is 5.02 Å². The summed E-state index contributed by atoms with van der Waals surface area (Å²) in [6.45, 7) is 10.1. The van der Waals surface area contributed by atoms with Gasteiger partial charge in [0, 0.05) is 55.1 Å². The Kier molecular flexibility index (Phi) is 8.89. The fourth-order valence-corrected chi connectivity index (χ4v) is 6.76. The first-order valence-corrected chi connectivity index (χ1v) is 14.6. The Morgan fingerprint density at radius 1 is 1.21 bits per heavy atom. The topological polar surface area (TPSA) is 57.6 Å². The van der Waals surface area contributed by atoms with Gasteiger partial charge in [0.1, 0.15) is 17.5 Å². The predicted molar refractivity (Wildman–Crippen MR) is 156 cm³/mol. The number of alkyl halides is 3. The fraction of sp³-hybridized carbons (Fsp3) is 0.379. The van der Waals surface area contributed by atoms with Crippen molar-refractivity contribution in [3.8, 4) is 11.1 Å². The van der Waals surface area contributed by atoms with E-state index in [9.17, 15) is 22.4 Å². The third kappa shape index (κ3) is 5.90. The van der Waals surface area contributed by atoms with Crippen LogP contribution in [0, 0.1) is 5.82 Å². The highest BCUT2D eigenvalue weighted by Gasteiger charge is 2.42. The second kappa shape index (κ2) is 12.3. The van der Waals surface area contributed by atoms with Gasteiger partial charge in [-0.15, -0.1) is 11.8 Å². The van der Waals surface area contributed by atoms with Crippen LogP contribution < -0.4 is 4.90 Å². The highest BCUT2D eigenvalue weighted by molar-refractivity contribution is 7.99. The zero-order chi connectivity index (χ0) is 30.2. The number of halogens is 5. The van der Waals surface area contributed by atoms with E-state index in [-0.39, 0.29) is 28.2 Å². The summed E-state index contributed by atoms with van der Waals surface area (Å²) in [4.78, 5) is 22.5. The van der Waals surface area contributed by atoms with E-state index in [0.29, 0.717) is 79.5 Å². The highest BCUT2D eigenvalue weighted by Crippen LogP contribution is 2.52. The molecule has 0 aromatic heterocycles. The summed E-state index contributed by atoms with van der Waals surface area (Å²) >= 11 is 7.29. The number of thioether (sulfide) groups is 1. The standard InChI is InChI=1S/C29H29ClF4N4O3S/c1-4-24(39)36-7-9-37(10-8-36)28-20-14-21(29(32,33)34)25(18-5-6-23(31)22(30)13-18)27-26(20)38(17(2)35-28)15-19(16-42-27)41-12-11-40-3/h4-6,13-14,19H,1-2,7-12,15-16H2,3H3. The zero-order valence-electron chi connectivity index (χ0n) is 22.8. The van der Waals surface area contributed by atoms with Gasteiger partial charge in [-0.25, -0.2) is 9.38 Å². The van der Waals surface area contributed by atoms with Crippen molar-refractivity contribution in [3.05, 3.63) is 71.3 Å². The third-order valence-electron chi connectivity index (χ3n) is 7.33. The Labute approximate surface area is 250 Å². The molecule has 0 aliphatic carbocycles. The van der Waals surface area contributed by atoms with Gasteiger partial charge in [0.25, 0.3) is 0 Å². The van der Waals surface area contributed by atoms with E-state index in [4.69, 9.17) is 26.1 Å². The average Bonchev–Trinajstić information content (AvgIpc) is 3.16. The lowest BCUT2D eigenvalue weighted by atomic mass is 9.93. The average molecular weight is 625 g/mol. The largest absolute Gasteiger partial charge is 0.417 e. The molecule has 1 atom stereocenters. The maximum absolute atomic E-state index is 14.8. The van der Waals surface area contributed by atoms with Crippen LogP contribution in [0.3, 0.4) is 0 Å². The molecule has 3 aliphatic rings. The van der Waals surface area contributed by atoms with E-state index >= 15 is 0 Å². The Bertz CT molecular complexity index is 1440. The number of carbonyl (C=O) groups excluding carboxylic acids is 1. The lowest BCUT2D eigenvalue weighted by molar-refractivity contribution is -0.137. The fourth-order valence-electron chi connectivity index (χ4n) is 5.30. The molecule has 5 rings (SSSR count). The minimum Gasteiger partial charge on any atom is -0.382 e. The van der Waals surface area contributed by atoms with Crippen molar-refractivity contribution < 1.29 is 31.8 Å². The number of methoxy groups -OCH3 is 1. The summed E-state index contributed by atoms with van der Waals surface area (Å²) in [5.74, 6) is 0.125. The monoisotopic (exact) mass is 624 g/mol. The number of aliphatic imine (C=N–C) groups is 1. The van der Waals surface area contributed by atoms with Crippen molar-refractivity contribution in [2.24, 2.45) is 4.99 Å². The molecule has 0 bridgehead atoms. The molecule has 1 fully saturated rings. The van der Waals surface area contributed by atoms with Crippen LogP contribution in [0.15, 0.2) is 59.2 Å². The summed E-state index contributed by atoms with van der Waals surface area (Å²) in [5.41, 5.74) is -0.00277. The van der Waals surface area contributed by atoms with Crippen LogP contribution in [0.1, 0.15) is 11.1 Å². The van der Waals surface area contributed by atoms with Crippen molar-refractivity contribution in [1.82, 2.24) is 9.80 Å². The summed E-state index contributed by atoms with van der Waals surface area (Å²) in [5, 5.41) is -0.277. The smallest absolute Gasteiger partial charge is 0.382 e. The quantitative estimate of drug-likeness (QED) is 0.235. The Balaban J connectivity index is 1.68. The molecular formula is C29H29ClF4N4O3S. The SMILES string of the molecule is C=CC(=O)N1CCN(C2=NC(=C)N3CC(OCCOC)CSc4c(-c5ccc(F)c(Cl)c5)c(C(F)(F)F)cc2c43)CC1. The molecule has 0 N–H and O–H groups in total. The number of amidine groups is 1. The molecule has 42 heavy (non-hydrogen) atoms. The van der Waals surface area contributed by atoms with Crippen molar-refractivity contribution in [3.63, 3.8) is 0 Å². The molecule has 0 spiro atoms. The molecule has 2 aromatic rings. The first-order chi connectivity index (χ1) is 20.0. The lowest BCUT2D eigenvalue weighted by Crippen LogP contribution is -2.51. The number of ether oxygens (including phenoxy) is 2. The van der Waals surface area contributed by atoms with Crippen molar-refractivity contribution >= 4 is 40.8 Å². The second-order valence-electron chi connectivity index (χ2n) is 9.93. The number of piperazine rings is 1. The summed E-state index contributed by atoms with van der Waals surface area (Å²) in [7, 11) is 1.56. The normalized spacial score (nSPS) is 18.9. The van der Waals surface area contributed by atoms with Crippen LogP contribution in [-0.4, -0.2) is 86.4 Å². The molecule has 224 valence electrons. The van der Waals surface area contributed by atoms with E-state index in [2.05, 4.69) is 13.2 Å². The number of rotatable bonds is 6. The van der Waals surface area contributed by atoms with E-state index < -0.39 is 17.6 Å². The van der Waals surface area contributed by atoms with Gasteiger partial charge in [0.2, 0.25) is 5.91 Å². The van der Waals surface area contributed by atoms with Crippen molar-refractivity contribution in [2.75, 3.05) is 63.7 Å².